The van der Waals surface area contributed by atoms with Crippen molar-refractivity contribution in [1.82, 2.24) is 19.7 Å². The predicted octanol–water partition coefficient (Wildman–Crippen LogP) is 6.02. The number of carbonyl (C=O) groups is 1. The van der Waals surface area contributed by atoms with E-state index in [9.17, 15) is 4.79 Å². The Kier molecular flexibility index (Phi) is 5.99. The third-order valence-electron chi connectivity index (χ3n) is 5.71. The van der Waals surface area contributed by atoms with Crippen LogP contribution in [0.3, 0.4) is 0 Å². The Hall–Kier alpha value is -2.32. The van der Waals surface area contributed by atoms with Crippen molar-refractivity contribution in [2.45, 2.75) is 13.8 Å². The minimum atomic E-state index is -0.0962. The topological polar surface area (TPSA) is 54.3 Å². The Morgan fingerprint density at radius 2 is 1.73 bits per heavy atom. The molecule has 33 heavy (non-hydrogen) atoms. The smallest absolute Gasteiger partial charge is 0.255 e. The molecule has 4 aromatic rings. The standard InChI is InChI=1S/C23H20Cl3N5OS/c1-13-11-14(2)31(28-13)23-27-20-19(33-23)6-5-17(25)21(20)29-7-9-30(10-8-29)22(32)16-4-3-15(24)12-18(16)26/h3-6,11-12H,7-10H2,1-2H3. The molecule has 0 N–H and O–H groups in total. The number of halogens is 3. The van der Waals surface area contributed by atoms with E-state index in [1.165, 1.54) is 0 Å². The number of nitrogens with zero attached hydrogens (tertiary/aromatic N) is 5. The third-order valence-corrected chi connectivity index (χ3v) is 7.56. The number of benzene rings is 2. The summed E-state index contributed by atoms with van der Waals surface area (Å²) in [5.74, 6) is -0.0962. The highest BCUT2D eigenvalue weighted by molar-refractivity contribution is 7.20. The number of anilines is 1. The number of amides is 1. The van der Waals surface area contributed by atoms with Crippen molar-refractivity contribution in [3.8, 4) is 5.13 Å². The molecule has 170 valence electrons. The van der Waals surface area contributed by atoms with Gasteiger partial charge in [-0.2, -0.15) is 5.10 Å². The molecule has 10 heteroatoms. The van der Waals surface area contributed by atoms with Crippen molar-refractivity contribution in [2.24, 2.45) is 0 Å². The summed E-state index contributed by atoms with van der Waals surface area (Å²) in [4.78, 5) is 21.9. The van der Waals surface area contributed by atoms with Gasteiger partial charge in [-0.1, -0.05) is 46.1 Å². The van der Waals surface area contributed by atoms with E-state index in [0.717, 1.165) is 32.4 Å². The van der Waals surface area contributed by atoms with Crippen molar-refractivity contribution in [2.75, 3.05) is 31.1 Å². The van der Waals surface area contributed by atoms with Gasteiger partial charge >= 0.3 is 0 Å². The zero-order chi connectivity index (χ0) is 23.3. The second kappa shape index (κ2) is 8.80. The van der Waals surface area contributed by atoms with Gasteiger partial charge < -0.3 is 9.80 Å². The first-order chi connectivity index (χ1) is 15.8. The summed E-state index contributed by atoms with van der Waals surface area (Å²) in [5.41, 5.74) is 4.20. The Morgan fingerprint density at radius 3 is 2.39 bits per heavy atom. The van der Waals surface area contributed by atoms with Crippen LogP contribution in [-0.2, 0) is 0 Å². The van der Waals surface area contributed by atoms with Crippen molar-refractivity contribution in [3.63, 3.8) is 0 Å². The maximum Gasteiger partial charge on any atom is 0.255 e. The Bertz CT molecular complexity index is 1370. The summed E-state index contributed by atoms with van der Waals surface area (Å²) < 4.78 is 2.91. The highest BCUT2D eigenvalue weighted by Crippen LogP contribution is 2.38. The van der Waals surface area contributed by atoms with Crippen molar-refractivity contribution < 1.29 is 4.79 Å². The van der Waals surface area contributed by atoms with Crippen molar-refractivity contribution >= 4 is 68.0 Å². The minimum absolute atomic E-state index is 0.0962. The zero-order valence-electron chi connectivity index (χ0n) is 18.0. The van der Waals surface area contributed by atoms with Gasteiger partial charge in [0, 0.05) is 36.9 Å². The molecule has 1 aliphatic heterocycles. The SMILES string of the molecule is Cc1cc(C)n(-c2nc3c(N4CCN(C(=O)c5ccc(Cl)cc5Cl)CC4)c(Cl)ccc3s2)n1. The second-order valence-electron chi connectivity index (χ2n) is 7.98. The molecule has 0 aliphatic carbocycles. The summed E-state index contributed by atoms with van der Waals surface area (Å²) in [6.07, 6.45) is 0. The second-order valence-corrected chi connectivity index (χ2v) is 10.2. The molecule has 5 rings (SSSR count). The van der Waals surface area contributed by atoms with E-state index in [-0.39, 0.29) is 5.91 Å². The molecule has 3 heterocycles. The van der Waals surface area contributed by atoms with Crippen molar-refractivity contribution in [1.29, 1.82) is 0 Å². The first-order valence-electron chi connectivity index (χ1n) is 10.4. The van der Waals surface area contributed by atoms with E-state index < -0.39 is 0 Å². The van der Waals surface area contributed by atoms with E-state index in [4.69, 9.17) is 39.8 Å². The molecule has 0 spiro atoms. The van der Waals surface area contributed by atoms with Crippen LogP contribution in [0, 0.1) is 13.8 Å². The average molecular weight is 521 g/mol. The van der Waals surface area contributed by atoms with Gasteiger partial charge in [-0.05, 0) is 50.2 Å². The van der Waals surface area contributed by atoms with Gasteiger partial charge in [0.25, 0.3) is 5.91 Å². The van der Waals surface area contributed by atoms with Crippen LogP contribution < -0.4 is 4.90 Å². The number of carbonyl (C=O) groups excluding carboxylic acids is 1. The highest BCUT2D eigenvalue weighted by Gasteiger charge is 2.27. The lowest BCUT2D eigenvalue weighted by atomic mass is 10.1. The normalized spacial score (nSPS) is 14.3. The van der Waals surface area contributed by atoms with Gasteiger partial charge in [0.15, 0.2) is 0 Å². The molecular weight excluding hydrogens is 501 g/mol. The van der Waals surface area contributed by atoms with E-state index in [1.807, 2.05) is 41.6 Å². The van der Waals surface area contributed by atoms with Crippen LogP contribution in [0.2, 0.25) is 15.1 Å². The minimum Gasteiger partial charge on any atom is -0.365 e. The molecule has 0 saturated carbocycles. The third kappa shape index (κ3) is 4.19. The van der Waals surface area contributed by atoms with Gasteiger partial charge in [0.2, 0.25) is 5.13 Å². The number of thiazole rings is 1. The first kappa shape index (κ1) is 22.5. The van der Waals surface area contributed by atoms with Crippen LogP contribution in [0.1, 0.15) is 21.7 Å². The van der Waals surface area contributed by atoms with Gasteiger partial charge in [-0.15, -0.1) is 0 Å². The Balaban J connectivity index is 1.41. The van der Waals surface area contributed by atoms with E-state index in [2.05, 4.69) is 10.00 Å². The molecule has 1 aliphatic rings. The molecule has 1 amide bonds. The first-order valence-corrected chi connectivity index (χ1v) is 12.4. The van der Waals surface area contributed by atoms with Gasteiger partial charge in [0.1, 0.15) is 5.52 Å². The van der Waals surface area contributed by atoms with Crippen LogP contribution in [0.25, 0.3) is 15.3 Å². The van der Waals surface area contributed by atoms with Gasteiger partial charge in [-0.25, -0.2) is 9.67 Å². The monoisotopic (exact) mass is 519 g/mol. The van der Waals surface area contributed by atoms with Crippen LogP contribution in [0.5, 0.6) is 0 Å². The number of hydrogen-bond acceptors (Lipinski definition) is 5. The summed E-state index contributed by atoms with van der Waals surface area (Å²) >= 11 is 20.4. The largest absolute Gasteiger partial charge is 0.365 e. The molecule has 2 aromatic heterocycles. The molecule has 2 aromatic carbocycles. The fourth-order valence-electron chi connectivity index (χ4n) is 4.12. The summed E-state index contributed by atoms with van der Waals surface area (Å²) in [6, 6.07) is 10.9. The van der Waals surface area contributed by atoms with Gasteiger partial charge in [-0.3, -0.25) is 4.79 Å². The Labute approximate surface area is 210 Å². The van der Waals surface area contributed by atoms with Crippen LogP contribution >= 0.6 is 46.1 Å². The number of aromatic nitrogens is 3. The highest BCUT2D eigenvalue weighted by atomic mass is 35.5. The van der Waals surface area contributed by atoms with Crippen LogP contribution in [0.15, 0.2) is 36.4 Å². The molecule has 0 atom stereocenters. The van der Waals surface area contributed by atoms with E-state index in [1.54, 1.807) is 29.5 Å². The summed E-state index contributed by atoms with van der Waals surface area (Å²) in [6.45, 7) is 6.38. The molecule has 0 radical (unpaired) electrons. The maximum atomic E-state index is 13.0. The summed E-state index contributed by atoms with van der Waals surface area (Å²) in [7, 11) is 0. The maximum absolute atomic E-state index is 13.0. The molecule has 6 nitrogen and oxygen atoms in total. The lowest BCUT2D eigenvalue weighted by Crippen LogP contribution is -2.49. The van der Waals surface area contributed by atoms with E-state index in [0.29, 0.717) is 46.8 Å². The fourth-order valence-corrected chi connectivity index (χ4v) is 5.87. The summed E-state index contributed by atoms with van der Waals surface area (Å²) in [5, 5.41) is 6.89. The Morgan fingerprint density at radius 1 is 0.970 bits per heavy atom. The molecule has 0 unspecified atom stereocenters. The average Bonchev–Trinajstić information content (AvgIpc) is 3.35. The predicted molar refractivity (Wildman–Crippen MR) is 136 cm³/mol. The van der Waals surface area contributed by atoms with E-state index >= 15 is 0 Å². The quantitative estimate of drug-likeness (QED) is 0.331. The fraction of sp³-hybridized carbons (Fsp3) is 0.261. The zero-order valence-corrected chi connectivity index (χ0v) is 21.1. The number of piperazine rings is 1. The molecule has 1 fully saturated rings. The van der Waals surface area contributed by atoms with Crippen molar-refractivity contribution in [3.05, 3.63) is 68.4 Å². The lowest BCUT2D eigenvalue weighted by Gasteiger charge is -2.36. The van der Waals surface area contributed by atoms with Gasteiger partial charge in [0.05, 0.1) is 31.7 Å². The lowest BCUT2D eigenvalue weighted by molar-refractivity contribution is 0.0747. The number of aryl methyl sites for hydroxylation is 2. The number of hydrogen-bond donors (Lipinski definition) is 0. The van der Waals surface area contributed by atoms with Crippen LogP contribution in [-0.4, -0.2) is 51.8 Å². The molecular formula is C23H20Cl3N5OS. The number of fused-ring (bicyclic) bond motifs is 1. The molecule has 1 saturated heterocycles. The van der Waals surface area contributed by atoms with Crippen LogP contribution in [0.4, 0.5) is 5.69 Å². The number of rotatable bonds is 3. The molecule has 0 bridgehead atoms.